The standard InChI is InChI=1S/C10H12ClNO2S2/c1-8-12(6-7-15-8)16(13,14)10-4-2-9(11)3-5-10/h2-5,8H,6-7H2,1H3/t8-/m0/s1. The molecule has 0 bridgehead atoms. The highest BCUT2D eigenvalue weighted by Gasteiger charge is 2.32. The predicted molar refractivity (Wildman–Crippen MR) is 67.3 cm³/mol. The summed E-state index contributed by atoms with van der Waals surface area (Å²) in [5.74, 6) is 0.855. The van der Waals surface area contributed by atoms with Crippen LogP contribution in [0.1, 0.15) is 6.92 Å². The number of hydrogen-bond donors (Lipinski definition) is 0. The summed E-state index contributed by atoms with van der Waals surface area (Å²) in [7, 11) is -3.35. The maximum absolute atomic E-state index is 12.2. The molecule has 2 rings (SSSR count). The van der Waals surface area contributed by atoms with Crippen LogP contribution in [-0.2, 0) is 10.0 Å². The molecule has 1 heterocycles. The van der Waals surface area contributed by atoms with E-state index in [1.807, 2.05) is 6.92 Å². The van der Waals surface area contributed by atoms with E-state index in [-0.39, 0.29) is 5.37 Å². The van der Waals surface area contributed by atoms with Crippen molar-refractivity contribution < 1.29 is 8.42 Å². The minimum Gasteiger partial charge on any atom is -0.207 e. The fraction of sp³-hybridized carbons (Fsp3) is 0.400. The molecule has 88 valence electrons. The smallest absolute Gasteiger partial charge is 0.207 e. The van der Waals surface area contributed by atoms with Gasteiger partial charge in [0.1, 0.15) is 0 Å². The van der Waals surface area contributed by atoms with E-state index in [1.54, 1.807) is 36.0 Å². The minimum atomic E-state index is -3.35. The molecule has 0 N–H and O–H groups in total. The molecule has 0 amide bonds. The number of sulfonamides is 1. The molecule has 16 heavy (non-hydrogen) atoms. The third-order valence-corrected chi connectivity index (χ3v) is 6.02. The summed E-state index contributed by atoms with van der Waals surface area (Å²) >= 11 is 7.39. The molecule has 0 spiro atoms. The van der Waals surface area contributed by atoms with Crippen molar-refractivity contribution in [1.82, 2.24) is 4.31 Å². The van der Waals surface area contributed by atoms with E-state index in [0.717, 1.165) is 5.75 Å². The van der Waals surface area contributed by atoms with Gasteiger partial charge in [-0.15, -0.1) is 11.8 Å². The van der Waals surface area contributed by atoms with Crippen molar-refractivity contribution in [2.45, 2.75) is 17.2 Å². The Labute approximate surface area is 105 Å². The summed E-state index contributed by atoms with van der Waals surface area (Å²) in [5, 5.41) is 0.559. The van der Waals surface area contributed by atoms with Crippen LogP contribution in [0, 0.1) is 0 Å². The predicted octanol–water partition coefficient (Wildman–Crippen LogP) is 2.42. The Bertz CT molecular complexity index is 472. The first-order valence-corrected chi connectivity index (χ1v) is 7.77. The largest absolute Gasteiger partial charge is 0.244 e. The molecular weight excluding hydrogens is 266 g/mol. The maximum atomic E-state index is 12.2. The fourth-order valence-electron chi connectivity index (χ4n) is 1.64. The van der Waals surface area contributed by atoms with Gasteiger partial charge in [-0.1, -0.05) is 11.6 Å². The van der Waals surface area contributed by atoms with Gasteiger partial charge >= 0.3 is 0 Å². The van der Waals surface area contributed by atoms with Gasteiger partial charge in [-0.3, -0.25) is 0 Å². The molecule has 1 aromatic rings. The molecule has 3 nitrogen and oxygen atoms in total. The Morgan fingerprint density at radius 2 is 2.00 bits per heavy atom. The molecule has 0 saturated carbocycles. The van der Waals surface area contributed by atoms with Crippen LogP contribution in [0.4, 0.5) is 0 Å². The number of nitrogens with zero attached hydrogens (tertiary/aromatic N) is 1. The highest BCUT2D eigenvalue weighted by Crippen LogP contribution is 2.29. The molecule has 1 fully saturated rings. The van der Waals surface area contributed by atoms with Crippen molar-refractivity contribution >= 4 is 33.4 Å². The minimum absolute atomic E-state index is 0.0145. The van der Waals surface area contributed by atoms with Crippen LogP contribution in [0.15, 0.2) is 29.2 Å². The molecule has 0 radical (unpaired) electrons. The average molecular weight is 278 g/mol. The Hall–Kier alpha value is -0.230. The Kier molecular flexibility index (Phi) is 3.49. The lowest BCUT2D eigenvalue weighted by molar-refractivity contribution is 0.442. The number of hydrogen-bond acceptors (Lipinski definition) is 3. The van der Waals surface area contributed by atoms with Gasteiger partial charge in [0.2, 0.25) is 10.0 Å². The molecule has 1 saturated heterocycles. The van der Waals surface area contributed by atoms with Crippen LogP contribution >= 0.6 is 23.4 Å². The van der Waals surface area contributed by atoms with Crippen molar-refractivity contribution in [3.05, 3.63) is 29.3 Å². The number of thioether (sulfide) groups is 1. The van der Waals surface area contributed by atoms with Crippen molar-refractivity contribution in [3.63, 3.8) is 0 Å². The normalized spacial score (nSPS) is 22.5. The van der Waals surface area contributed by atoms with Gasteiger partial charge < -0.3 is 0 Å². The Morgan fingerprint density at radius 3 is 2.50 bits per heavy atom. The number of halogens is 1. The molecule has 0 aromatic heterocycles. The molecule has 1 aromatic carbocycles. The van der Waals surface area contributed by atoms with Gasteiger partial charge in [0.05, 0.1) is 10.3 Å². The van der Waals surface area contributed by atoms with E-state index in [0.29, 0.717) is 16.5 Å². The first-order chi connectivity index (χ1) is 7.51. The average Bonchev–Trinajstić information content (AvgIpc) is 2.66. The van der Waals surface area contributed by atoms with Gasteiger partial charge in [0.15, 0.2) is 0 Å². The van der Waals surface area contributed by atoms with E-state index >= 15 is 0 Å². The zero-order chi connectivity index (χ0) is 11.8. The van der Waals surface area contributed by atoms with E-state index < -0.39 is 10.0 Å². The monoisotopic (exact) mass is 277 g/mol. The van der Waals surface area contributed by atoms with E-state index in [4.69, 9.17) is 11.6 Å². The van der Waals surface area contributed by atoms with Crippen molar-refractivity contribution in [2.24, 2.45) is 0 Å². The SMILES string of the molecule is C[C@@H]1SCCN1S(=O)(=O)c1ccc(Cl)cc1. The van der Waals surface area contributed by atoms with E-state index in [9.17, 15) is 8.42 Å². The molecule has 6 heteroatoms. The van der Waals surface area contributed by atoms with Gasteiger partial charge in [-0.05, 0) is 31.2 Å². The lowest BCUT2D eigenvalue weighted by atomic mass is 10.4. The number of benzene rings is 1. The third kappa shape index (κ3) is 2.22. The Morgan fingerprint density at radius 1 is 1.38 bits per heavy atom. The van der Waals surface area contributed by atoms with E-state index in [1.165, 1.54) is 4.31 Å². The fourth-order valence-corrected chi connectivity index (χ4v) is 4.79. The summed E-state index contributed by atoms with van der Waals surface area (Å²) in [5.41, 5.74) is 0. The molecule has 0 aliphatic carbocycles. The summed E-state index contributed by atoms with van der Waals surface area (Å²) in [6, 6.07) is 6.30. The van der Waals surface area contributed by atoms with Crippen LogP contribution in [0.25, 0.3) is 0 Å². The summed E-state index contributed by atoms with van der Waals surface area (Å²) in [6.07, 6.45) is 0. The second kappa shape index (κ2) is 4.56. The maximum Gasteiger partial charge on any atom is 0.244 e. The highest BCUT2D eigenvalue weighted by atomic mass is 35.5. The molecular formula is C10H12ClNO2S2. The molecule has 1 atom stereocenters. The van der Waals surface area contributed by atoms with Gasteiger partial charge in [0, 0.05) is 17.3 Å². The molecule has 0 unspecified atom stereocenters. The van der Waals surface area contributed by atoms with Gasteiger partial charge in [-0.25, -0.2) is 8.42 Å². The van der Waals surface area contributed by atoms with Gasteiger partial charge in [0.25, 0.3) is 0 Å². The quantitative estimate of drug-likeness (QED) is 0.833. The van der Waals surface area contributed by atoms with E-state index in [2.05, 4.69) is 0 Å². The van der Waals surface area contributed by atoms with Crippen molar-refractivity contribution in [2.75, 3.05) is 12.3 Å². The summed E-state index contributed by atoms with van der Waals surface area (Å²) in [6.45, 7) is 2.49. The topological polar surface area (TPSA) is 37.4 Å². The second-order valence-electron chi connectivity index (χ2n) is 3.54. The first kappa shape index (κ1) is 12.2. The molecule has 1 aliphatic heterocycles. The lowest BCUT2D eigenvalue weighted by Crippen LogP contribution is -2.33. The van der Waals surface area contributed by atoms with Crippen molar-refractivity contribution in [1.29, 1.82) is 0 Å². The molecule has 1 aliphatic rings. The van der Waals surface area contributed by atoms with Gasteiger partial charge in [-0.2, -0.15) is 4.31 Å². The second-order valence-corrected chi connectivity index (χ2v) is 7.29. The number of rotatable bonds is 2. The van der Waals surface area contributed by atoms with Crippen molar-refractivity contribution in [3.8, 4) is 0 Å². The Balaban J connectivity index is 2.35. The first-order valence-electron chi connectivity index (χ1n) is 4.91. The van der Waals surface area contributed by atoms with Crippen LogP contribution in [-0.4, -0.2) is 30.4 Å². The van der Waals surface area contributed by atoms with Crippen LogP contribution in [0.5, 0.6) is 0 Å². The zero-order valence-corrected chi connectivity index (χ0v) is 11.1. The summed E-state index contributed by atoms with van der Waals surface area (Å²) < 4.78 is 26.0. The van der Waals surface area contributed by atoms with Crippen LogP contribution in [0.2, 0.25) is 5.02 Å². The third-order valence-electron chi connectivity index (χ3n) is 2.50. The summed E-state index contributed by atoms with van der Waals surface area (Å²) in [4.78, 5) is 0.311. The van der Waals surface area contributed by atoms with Crippen LogP contribution in [0.3, 0.4) is 0 Å². The highest BCUT2D eigenvalue weighted by molar-refractivity contribution is 8.01. The lowest BCUT2D eigenvalue weighted by Gasteiger charge is -2.19. The van der Waals surface area contributed by atoms with Crippen LogP contribution < -0.4 is 0 Å². The zero-order valence-electron chi connectivity index (χ0n) is 8.76.